The Kier molecular flexibility index (Phi) is 5.56. The summed E-state index contributed by atoms with van der Waals surface area (Å²) in [6.45, 7) is 4.60. The number of nitrogens with zero attached hydrogens (tertiary/aromatic N) is 3. The number of carbonyl (C=O) groups excluding carboxylic acids is 1. The normalized spacial score (nSPS) is 18.2. The lowest BCUT2D eigenvalue weighted by atomic mass is 10.1. The van der Waals surface area contributed by atoms with Crippen LogP contribution in [-0.4, -0.2) is 53.4 Å². The summed E-state index contributed by atoms with van der Waals surface area (Å²) < 4.78 is 5.73. The van der Waals surface area contributed by atoms with Gasteiger partial charge in [0.1, 0.15) is 11.4 Å². The number of benzene rings is 1. The average molecular weight is 360 g/mol. The van der Waals surface area contributed by atoms with Crippen molar-refractivity contribution in [1.82, 2.24) is 14.8 Å². The van der Waals surface area contributed by atoms with Gasteiger partial charge in [0.25, 0.3) is 5.91 Å². The minimum absolute atomic E-state index is 0.0403. The minimum atomic E-state index is -0.0403. The maximum absolute atomic E-state index is 12.9. The van der Waals surface area contributed by atoms with Crippen LogP contribution < -0.4 is 4.74 Å². The van der Waals surface area contributed by atoms with Crippen molar-refractivity contribution in [3.8, 4) is 11.6 Å². The number of halogens is 1. The van der Waals surface area contributed by atoms with Gasteiger partial charge in [-0.2, -0.15) is 0 Å². The molecule has 0 saturated carbocycles. The maximum Gasteiger partial charge on any atom is 0.272 e. The molecule has 1 aliphatic rings. The fraction of sp³-hybridized carbons (Fsp3) is 0.368. The molecule has 25 heavy (non-hydrogen) atoms. The van der Waals surface area contributed by atoms with Crippen molar-refractivity contribution in [2.45, 2.75) is 19.4 Å². The van der Waals surface area contributed by atoms with Gasteiger partial charge < -0.3 is 14.5 Å². The Labute approximate surface area is 153 Å². The number of carbonyl (C=O) groups is 1. The van der Waals surface area contributed by atoms with E-state index in [1.165, 1.54) is 0 Å². The molecule has 0 aliphatic carbocycles. The molecule has 1 amide bonds. The van der Waals surface area contributed by atoms with Crippen LogP contribution in [0.4, 0.5) is 0 Å². The molecule has 0 spiro atoms. The summed E-state index contributed by atoms with van der Waals surface area (Å²) in [6.07, 6.45) is 0.928. The SMILES string of the molecule is CCC1CN(C)CCN1C(=O)c1cccc(Oc2ccc(Cl)cc2)n1. The van der Waals surface area contributed by atoms with E-state index in [4.69, 9.17) is 16.3 Å². The number of piperazine rings is 1. The molecule has 2 heterocycles. The summed E-state index contributed by atoms with van der Waals surface area (Å²) in [5.41, 5.74) is 0.412. The number of hydrogen-bond donors (Lipinski definition) is 0. The van der Waals surface area contributed by atoms with Crippen LogP contribution in [0, 0.1) is 0 Å². The molecule has 1 atom stereocenters. The van der Waals surface area contributed by atoms with Gasteiger partial charge in [0.15, 0.2) is 0 Å². The van der Waals surface area contributed by atoms with Gasteiger partial charge in [-0.1, -0.05) is 24.6 Å². The van der Waals surface area contributed by atoms with Crippen LogP contribution in [0.15, 0.2) is 42.5 Å². The molecule has 0 N–H and O–H groups in total. The van der Waals surface area contributed by atoms with E-state index in [9.17, 15) is 4.79 Å². The van der Waals surface area contributed by atoms with Crippen LogP contribution in [-0.2, 0) is 0 Å². The van der Waals surface area contributed by atoms with Crippen molar-refractivity contribution in [2.24, 2.45) is 0 Å². The number of ether oxygens (including phenoxy) is 1. The molecule has 2 aromatic rings. The molecule has 132 valence electrons. The molecule has 0 bridgehead atoms. The first-order chi connectivity index (χ1) is 12.1. The van der Waals surface area contributed by atoms with Crippen LogP contribution in [0.25, 0.3) is 0 Å². The van der Waals surface area contributed by atoms with Gasteiger partial charge in [0.2, 0.25) is 5.88 Å². The molecular weight excluding hydrogens is 338 g/mol. The van der Waals surface area contributed by atoms with Gasteiger partial charge in [-0.25, -0.2) is 4.98 Å². The summed E-state index contributed by atoms with van der Waals surface area (Å²) in [6, 6.07) is 12.5. The van der Waals surface area contributed by atoms with Gasteiger partial charge in [0.05, 0.1) is 0 Å². The highest BCUT2D eigenvalue weighted by atomic mass is 35.5. The third-order valence-electron chi connectivity index (χ3n) is 4.40. The van der Waals surface area contributed by atoms with E-state index in [-0.39, 0.29) is 11.9 Å². The first-order valence-corrected chi connectivity index (χ1v) is 8.84. The fourth-order valence-corrected chi connectivity index (χ4v) is 3.11. The highest BCUT2D eigenvalue weighted by Crippen LogP contribution is 2.22. The molecule has 3 rings (SSSR count). The zero-order chi connectivity index (χ0) is 17.8. The topological polar surface area (TPSA) is 45.7 Å². The molecule has 1 unspecified atom stereocenters. The maximum atomic E-state index is 12.9. The Balaban J connectivity index is 1.76. The van der Waals surface area contributed by atoms with Crippen molar-refractivity contribution < 1.29 is 9.53 Å². The fourth-order valence-electron chi connectivity index (χ4n) is 2.99. The first-order valence-electron chi connectivity index (χ1n) is 8.47. The smallest absolute Gasteiger partial charge is 0.272 e. The summed E-state index contributed by atoms with van der Waals surface area (Å²) in [7, 11) is 2.09. The van der Waals surface area contributed by atoms with Crippen molar-refractivity contribution in [1.29, 1.82) is 0 Å². The largest absolute Gasteiger partial charge is 0.439 e. The van der Waals surface area contributed by atoms with Crippen molar-refractivity contribution in [2.75, 3.05) is 26.7 Å². The molecular formula is C19H22ClN3O2. The lowest BCUT2D eigenvalue weighted by Crippen LogP contribution is -2.53. The highest BCUT2D eigenvalue weighted by molar-refractivity contribution is 6.30. The van der Waals surface area contributed by atoms with Gasteiger partial charge in [-0.15, -0.1) is 0 Å². The van der Waals surface area contributed by atoms with Crippen molar-refractivity contribution in [3.05, 3.63) is 53.2 Å². The zero-order valence-electron chi connectivity index (χ0n) is 14.5. The van der Waals surface area contributed by atoms with E-state index in [2.05, 4.69) is 23.9 Å². The molecule has 0 radical (unpaired) electrons. The molecule has 1 aromatic heterocycles. The van der Waals surface area contributed by atoms with Crippen LogP contribution in [0.5, 0.6) is 11.6 Å². The summed E-state index contributed by atoms with van der Waals surface area (Å²) in [4.78, 5) is 21.5. The number of rotatable bonds is 4. The minimum Gasteiger partial charge on any atom is -0.439 e. The lowest BCUT2D eigenvalue weighted by molar-refractivity contribution is 0.0487. The van der Waals surface area contributed by atoms with Crippen LogP contribution in [0.3, 0.4) is 0 Å². The number of aromatic nitrogens is 1. The molecule has 5 nitrogen and oxygen atoms in total. The van der Waals surface area contributed by atoms with E-state index in [1.807, 2.05) is 4.90 Å². The van der Waals surface area contributed by atoms with Crippen molar-refractivity contribution >= 4 is 17.5 Å². The Morgan fingerprint density at radius 3 is 2.72 bits per heavy atom. The highest BCUT2D eigenvalue weighted by Gasteiger charge is 2.29. The van der Waals surface area contributed by atoms with E-state index in [1.54, 1.807) is 42.5 Å². The molecule has 1 aliphatic heterocycles. The molecule has 1 saturated heterocycles. The third kappa shape index (κ3) is 4.30. The predicted molar refractivity (Wildman–Crippen MR) is 98.4 cm³/mol. The Morgan fingerprint density at radius 1 is 1.24 bits per heavy atom. The molecule has 1 fully saturated rings. The second kappa shape index (κ2) is 7.85. The van der Waals surface area contributed by atoms with Crippen LogP contribution in [0.1, 0.15) is 23.8 Å². The Morgan fingerprint density at radius 2 is 2.00 bits per heavy atom. The lowest BCUT2D eigenvalue weighted by Gasteiger charge is -2.39. The summed E-state index contributed by atoms with van der Waals surface area (Å²) in [5.74, 6) is 0.990. The van der Waals surface area contributed by atoms with E-state index in [0.29, 0.717) is 22.3 Å². The van der Waals surface area contributed by atoms with Crippen molar-refractivity contribution in [3.63, 3.8) is 0 Å². The summed E-state index contributed by atoms with van der Waals surface area (Å²) >= 11 is 5.88. The van der Waals surface area contributed by atoms with E-state index in [0.717, 1.165) is 26.1 Å². The van der Waals surface area contributed by atoms with Gasteiger partial charge in [-0.3, -0.25) is 4.79 Å². The van der Waals surface area contributed by atoms with Crippen LogP contribution >= 0.6 is 11.6 Å². The van der Waals surface area contributed by atoms with Gasteiger partial charge >= 0.3 is 0 Å². The monoisotopic (exact) mass is 359 g/mol. The van der Waals surface area contributed by atoms with Gasteiger partial charge in [0, 0.05) is 36.8 Å². The standard InChI is InChI=1S/C19H22ClN3O2/c1-3-15-13-22(2)11-12-23(15)19(24)17-5-4-6-18(21-17)25-16-9-7-14(20)8-10-16/h4-10,15H,3,11-13H2,1-2H3. The Hall–Kier alpha value is -2.11. The van der Waals surface area contributed by atoms with E-state index < -0.39 is 0 Å². The predicted octanol–water partition coefficient (Wildman–Crippen LogP) is 3.69. The molecule has 1 aromatic carbocycles. The number of hydrogen-bond acceptors (Lipinski definition) is 4. The zero-order valence-corrected chi connectivity index (χ0v) is 15.2. The van der Waals surface area contributed by atoms with Gasteiger partial charge in [-0.05, 0) is 43.8 Å². The molecule has 6 heteroatoms. The van der Waals surface area contributed by atoms with Crippen LogP contribution in [0.2, 0.25) is 5.02 Å². The number of amides is 1. The van der Waals surface area contributed by atoms with E-state index >= 15 is 0 Å². The second-order valence-electron chi connectivity index (χ2n) is 6.24. The average Bonchev–Trinajstić information content (AvgIpc) is 2.63. The summed E-state index contributed by atoms with van der Waals surface area (Å²) in [5, 5.41) is 0.643. The Bertz CT molecular complexity index is 736. The quantitative estimate of drug-likeness (QED) is 0.835. The third-order valence-corrected chi connectivity index (χ3v) is 4.65. The second-order valence-corrected chi connectivity index (χ2v) is 6.68. The number of pyridine rings is 1. The first kappa shape index (κ1) is 17.7. The number of likely N-dealkylation sites (N-methyl/N-ethyl adjacent to an activating group) is 1.